The van der Waals surface area contributed by atoms with E-state index in [1.807, 2.05) is 6.07 Å². The summed E-state index contributed by atoms with van der Waals surface area (Å²) < 4.78 is 18.4. The van der Waals surface area contributed by atoms with E-state index in [0.29, 0.717) is 12.2 Å². The van der Waals surface area contributed by atoms with Gasteiger partial charge in [-0.05, 0) is 30.5 Å². The molecule has 1 fully saturated rings. The topological polar surface area (TPSA) is 50.1 Å². The lowest BCUT2D eigenvalue weighted by atomic mass is 9.92. The Hall–Kier alpha value is -1.44. The highest BCUT2D eigenvalue weighted by Gasteiger charge is 2.27. The Kier molecular flexibility index (Phi) is 4.52. The molecule has 100 valence electrons. The molecule has 0 N–H and O–H groups in total. The molecule has 1 aliphatic rings. The lowest BCUT2D eigenvalue weighted by molar-refractivity contribution is -0.121. The number of nitrogens with zero attached hydrogens (tertiary/aromatic N) is 1. The summed E-state index contributed by atoms with van der Waals surface area (Å²) in [5.74, 6) is -1.68. The quantitative estimate of drug-likeness (QED) is 0.851. The van der Waals surface area contributed by atoms with Crippen LogP contribution in [0.25, 0.3) is 0 Å². The molecule has 19 heavy (non-hydrogen) atoms. The Morgan fingerprint density at radius 3 is 3.00 bits per heavy atom. The van der Waals surface area contributed by atoms with Crippen LogP contribution in [-0.4, -0.2) is 18.5 Å². The first-order valence-electron chi connectivity index (χ1n) is 6.10. The maximum atomic E-state index is 13.0. The standard InChI is InChI=1S/C14H13ClFNO2/c15-13-6-9(16)3-4-11(13)12(8-17)14(18)7-10-2-1-5-19-10/h3-4,6,10,12H,1-2,5,7H2. The fourth-order valence-corrected chi connectivity index (χ4v) is 2.47. The number of benzene rings is 1. The largest absolute Gasteiger partial charge is 0.378 e. The molecule has 2 unspecified atom stereocenters. The zero-order valence-corrected chi connectivity index (χ0v) is 11.0. The zero-order valence-electron chi connectivity index (χ0n) is 10.2. The Morgan fingerprint density at radius 2 is 2.42 bits per heavy atom. The minimum absolute atomic E-state index is 0.104. The van der Waals surface area contributed by atoms with Crippen LogP contribution >= 0.6 is 11.6 Å². The van der Waals surface area contributed by atoms with Gasteiger partial charge in [-0.2, -0.15) is 5.26 Å². The van der Waals surface area contributed by atoms with Crippen LogP contribution in [0.4, 0.5) is 4.39 Å². The molecule has 0 aliphatic carbocycles. The molecule has 0 aromatic heterocycles. The van der Waals surface area contributed by atoms with Crippen molar-refractivity contribution >= 4 is 17.4 Å². The van der Waals surface area contributed by atoms with E-state index in [2.05, 4.69) is 0 Å². The number of carbonyl (C=O) groups excluding carboxylic acids is 1. The molecule has 1 aliphatic heterocycles. The Labute approximate surface area is 115 Å². The Balaban J connectivity index is 2.14. The molecule has 0 saturated carbocycles. The molecule has 5 heteroatoms. The maximum absolute atomic E-state index is 13.0. The smallest absolute Gasteiger partial charge is 0.157 e. The normalized spacial score (nSPS) is 19.9. The fourth-order valence-electron chi connectivity index (χ4n) is 2.20. The van der Waals surface area contributed by atoms with Gasteiger partial charge in [-0.3, -0.25) is 4.79 Å². The van der Waals surface area contributed by atoms with E-state index in [0.717, 1.165) is 18.9 Å². The average molecular weight is 282 g/mol. The summed E-state index contributed by atoms with van der Waals surface area (Å²) in [6, 6.07) is 5.64. The van der Waals surface area contributed by atoms with Crippen molar-refractivity contribution in [3.63, 3.8) is 0 Å². The molecular weight excluding hydrogens is 269 g/mol. The van der Waals surface area contributed by atoms with Crippen LogP contribution in [0.1, 0.15) is 30.7 Å². The molecule has 0 amide bonds. The van der Waals surface area contributed by atoms with Crippen LogP contribution in [0, 0.1) is 17.1 Å². The zero-order chi connectivity index (χ0) is 13.8. The predicted molar refractivity (Wildman–Crippen MR) is 68.4 cm³/mol. The molecular formula is C14H13ClFNO2. The van der Waals surface area contributed by atoms with Gasteiger partial charge in [-0.25, -0.2) is 4.39 Å². The van der Waals surface area contributed by atoms with Gasteiger partial charge in [0.05, 0.1) is 12.2 Å². The van der Waals surface area contributed by atoms with E-state index in [-0.39, 0.29) is 23.3 Å². The van der Waals surface area contributed by atoms with E-state index in [1.54, 1.807) is 0 Å². The summed E-state index contributed by atoms with van der Waals surface area (Å²) in [5.41, 5.74) is 0.355. The monoisotopic (exact) mass is 281 g/mol. The van der Waals surface area contributed by atoms with Crippen LogP contribution in [0.3, 0.4) is 0 Å². The van der Waals surface area contributed by atoms with Gasteiger partial charge in [0.2, 0.25) is 0 Å². The lowest BCUT2D eigenvalue weighted by Crippen LogP contribution is -2.18. The second-order valence-electron chi connectivity index (χ2n) is 4.53. The summed E-state index contributed by atoms with van der Waals surface area (Å²) >= 11 is 5.89. The number of rotatable bonds is 4. The Bertz CT molecular complexity index is 521. The minimum atomic E-state index is -0.961. The van der Waals surface area contributed by atoms with Gasteiger partial charge in [0.25, 0.3) is 0 Å². The first-order valence-corrected chi connectivity index (χ1v) is 6.48. The van der Waals surface area contributed by atoms with Crippen LogP contribution in [-0.2, 0) is 9.53 Å². The van der Waals surface area contributed by atoms with Gasteiger partial charge in [0.15, 0.2) is 5.78 Å². The van der Waals surface area contributed by atoms with Crippen molar-refractivity contribution in [2.24, 2.45) is 0 Å². The van der Waals surface area contributed by atoms with E-state index in [4.69, 9.17) is 21.6 Å². The molecule has 2 atom stereocenters. The number of Topliss-reactive ketones (excluding diaryl/α,β-unsaturated/α-hetero) is 1. The van der Waals surface area contributed by atoms with Crippen molar-refractivity contribution in [1.82, 2.24) is 0 Å². The van der Waals surface area contributed by atoms with E-state index < -0.39 is 11.7 Å². The molecule has 1 aromatic rings. The molecule has 0 bridgehead atoms. The van der Waals surface area contributed by atoms with Crippen molar-refractivity contribution in [1.29, 1.82) is 5.26 Å². The van der Waals surface area contributed by atoms with Crippen LogP contribution in [0.2, 0.25) is 5.02 Å². The van der Waals surface area contributed by atoms with Crippen molar-refractivity contribution in [3.8, 4) is 6.07 Å². The molecule has 0 spiro atoms. The third kappa shape index (κ3) is 3.31. The second-order valence-corrected chi connectivity index (χ2v) is 4.94. The second kappa shape index (κ2) is 6.14. The van der Waals surface area contributed by atoms with E-state index >= 15 is 0 Å². The number of hydrogen-bond acceptors (Lipinski definition) is 3. The van der Waals surface area contributed by atoms with Crippen molar-refractivity contribution in [2.45, 2.75) is 31.3 Å². The Morgan fingerprint density at radius 1 is 1.63 bits per heavy atom. The summed E-state index contributed by atoms with van der Waals surface area (Å²) in [5, 5.41) is 9.26. The fraction of sp³-hybridized carbons (Fsp3) is 0.429. The number of hydrogen-bond donors (Lipinski definition) is 0. The maximum Gasteiger partial charge on any atom is 0.157 e. The van der Waals surface area contributed by atoms with Crippen molar-refractivity contribution in [3.05, 3.63) is 34.6 Å². The van der Waals surface area contributed by atoms with Crippen molar-refractivity contribution in [2.75, 3.05) is 6.61 Å². The number of ketones is 1. The molecule has 2 rings (SSSR count). The van der Waals surface area contributed by atoms with Crippen LogP contribution in [0.5, 0.6) is 0 Å². The van der Waals surface area contributed by atoms with Gasteiger partial charge >= 0.3 is 0 Å². The van der Waals surface area contributed by atoms with Crippen LogP contribution < -0.4 is 0 Å². The summed E-state index contributed by atoms with van der Waals surface area (Å²) in [4.78, 5) is 12.1. The molecule has 3 nitrogen and oxygen atoms in total. The predicted octanol–water partition coefficient (Wildman–Crippen LogP) is 3.22. The highest BCUT2D eigenvalue weighted by atomic mass is 35.5. The van der Waals surface area contributed by atoms with E-state index in [9.17, 15) is 9.18 Å². The highest BCUT2D eigenvalue weighted by molar-refractivity contribution is 6.31. The third-order valence-corrected chi connectivity index (χ3v) is 3.50. The highest BCUT2D eigenvalue weighted by Crippen LogP contribution is 2.28. The first-order chi connectivity index (χ1) is 9.11. The SMILES string of the molecule is N#CC(C(=O)CC1CCCO1)c1ccc(F)cc1Cl. The number of nitriles is 1. The van der Waals surface area contributed by atoms with Gasteiger partial charge in [0, 0.05) is 18.1 Å². The summed E-state index contributed by atoms with van der Waals surface area (Å²) in [6.07, 6.45) is 1.86. The molecule has 1 aromatic carbocycles. The summed E-state index contributed by atoms with van der Waals surface area (Å²) in [7, 11) is 0. The minimum Gasteiger partial charge on any atom is -0.378 e. The molecule has 0 radical (unpaired) electrons. The van der Waals surface area contributed by atoms with Gasteiger partial charge in [-0.15, -0.1) is 0 Å². The first kappa shape index (κ1) is 14.0. The number of halogens is 2. The lowest BCUT2D eigenvalue weighted by Gasteiger charge is -2.13. The third-order valence-electron chi connectivity index (χ3n) is 3.18. The molecule has 1 saturated heterocycles. The van der Waals surface area contributed by atoms with Gasteiger partial charge in [-0.1, -0.05) is 17.7 Å². The van der Waals surface area contributed by atoms with Gasteiger partial charge in [0.1, 0.15) is 11.7 Å². The van der Waals surface area contributed by atoms with E-state index in [1.165, 1.54) is 12.1 Å². The van der Waals surface area contributed by atoms with Crippen LogP contribution in [0.15, 0.2) is 18.2 Å². The van der Waals surface area contributed by atoms with Gasteiger partial charge < -0.3 is 4.74 Å². The number of ether oxygens (including phenoxy) is 1. The average Bonchev–Trinajstić information content (AvgIpc) is 2.85. The van der Waals surface area contributed by atoms with Crippen molar-refractivity contribution < 1.29 is 13.9 Å². The molecule has 1 heterocycles. The number of carbonyl (C=O) groups is 1. The summed E-state index contributed by atoms with van der Waals surface area (Å²) in [6.45, 7) is 0.659.